The molecule has 2 aliphatic heterocycles. The molecule has 0 saturated carbocycles. The summed E-state index contributed by atoms with van der Waals surface area (Å²) < 4.78 is 29.1. The Labute approximate surface area is 149 Å². The van der Waals surface area contributed by atoms with E-state index in [0.29, 0.717) is 10.8 Å². The van der Waals surface area contributed by atoms with Crippen molar-refractivity contribution in [1.29, 1.82) is 0 Å². The second-order valence-corrected chi connectivity index (χ2v) is 11.5. The molecule has 0 aliphatic carbocycles. The molecule has 2 fully saturated rings. The van der Waals surface area contributed by atoms with Gasteiger partial charge in [0.25, 0.3) is 10.0 Å². The predicted molar refractivity (Wildman–Crippen MR) is 97.3 cm³/mol. The standard InChI is InChI=1S/C14H21BrN2O2S3/c15-13-4-5-14(21-13)22(18,19)17-8-3-9-20-11-12(17)10-16-6-1-2-7-16/h4-5,12H,1-3,6-11H2. The van der Waals surface area contributed by atoms with Crippen molar-refractivity contribution in [3.63, 3.8) is 0 Å². The summed E-state index contributed by atoms with van der Waals surface area (Å²) in [7, 11) is -3.37. The summed E-state index contributed by atoms with van der Waals surface area (Å²) in [6.07, 6.45) is 3.42. The normalized spacial score (nSPS) is 25.4. The fraction of sp³-hybridized carbons (Fsp3) is 0.714. The number of thiophene rings is 1. The van der Waals surface area contributed by atoms with Gasteiger partial charge in [-0.3, -0.25) is 0 Å². The third-order valence-electron chi connectivity index (χ3n) is 4.16. The van der Waals surface area contributed by atoms with E-state index in [4.69, 9.17) is 0 Å². The summed E-state index contributed by atoms with van der Waals surface area (Å²) in [4.78, 5) is 2.42. The summed E-state index contributed by atoms with van der Waals surface area (Å²) in [5.41, 5.74) is 0. The molecule has 1 aromatic heterocycles. The molecule has 1 atom stereocenters. The molecule has 124 valence electrons. The van der Waals surface area contributed by atoms with Crippen LogP contribution in [0.3, 0.4) is 0 Å². The zero-order chi connectivity index (χ0) is 15.6. The van der Waals surface area contributed by atoms with Gasteiger partial charge in [-0.1, -0.05) is 0 Å². The molecular weight excluding hydrogens is 404 g/mol. The highest BCUT2D eigenvalue weighted by Crippen LogP contribution is 2.31. The molecule has 1 unspecified atom stereocenters. The van der Waals surface area contributed by atoms with E-state index >= 15 is 0 Å². The topological polar surface area (TPSA) is 40.6 Å². The summed E-state index contributed by atoms with van der Waals surface area (Å²) >= 11 is 6.57. The molecule has 22 heavy (non-hydrogen) atoms. The second kappa shape index (κ2) is 7.53. The zero-order valence-corrected chi connectivity index (χ0v) is 16.4. The highest BCUT2D eigenvalue weighted by atomic mass is 79.9. The van der Waals surface area contributed by atoms with Crippen LogP contribution in [-0.4, -0.2) is 61.3 Å². The van der Waals surface area contributed by atoms with Gasteiger partial charge in [-0.2, -0.15) is 16.1 Å². The van der Waals surface area contributed by atoms with Crippen molar-refractivity contribution in [3.8, 4) is 0 Å². The summed E-state index contributed by atoms with van der Waals surface area (Å²) in [6.45, 7) is 3.74. The predicted octanol–water partition coefficient (Wildman–Crippen LogP) is 3.10. The molecule has 8 heteroatoms. The van der Waals surface area contributed by atoms with E-state index < -0.39 is 10.0 Å². The van der Waals surface area contributed by atoms with Gasteiger partial charge >= 0.3 is 0 Å². The van der Waals surface area contributed by atoms with E-state index in [9.17, 15) is 8.42 Å². The van der Waals surface area contributed by atoms with Crippen LogP contribution in [0.15, 0.2) is 20.1 Å². The number of sulfonamides is 1. The third kappa shape index (κ3) is 3.89. The Hall–Kier alpha value is 0.400. The van der Waals surface area contributed by atoms with Gasteiger partial charge in [-0.05, 0) is 66.2 Å². The van der Waals surface area contributed by atoms with Gasteiger partial charge in [0.2, 0.25) is 0 Å². The average Bonchev–Trinajstić information content (AvgIpc) is 3.07. The van der Waals surface area contributed by atoms with Gasteiger partial charge in [-0.15, -0.1) is 11.3 Å². The number of halogens is 1. The molecule has 0 aromatic carbocycles. The first-order chi connectivity index (χ1) is 10.6. The van der Waals surface area contributed by atoms with Crippen LogP contribution in [0.1, 0.15) is 19.3 Å². The molecule has 0 N–H and O–H groups in total. The van der Waals surface area contributed by atoms with Gasteiger partial charge in [0.15, 0.2) is 0 Å². The molecule has 0 radical (unpaired) electrons. The lowest BCUT2D eigenvalue weighted by atomic mass is 10.3. The van der Waals surface area contributed by atoms with Gasteiger partial charge < -0.3 is 4.90 Å². The molecular formula is C14H21BrN2O2S3. The lowest BCUT2D eigenvalue weighted by Crippen LogP contribution is -2.47. The van der Waals surface area contributed by atoms with Crippen molar-refractivity contribution < 1.29 is 8.42 Å². The number of likely N-dealkylation sites (tertiary alicyclic amines) is 1. The van der Waals surface area contributed by atoms with E-state index in [1.807, 2.05) is 17.8 Å². The van der Waals surface area contributed by atoms with Gasteiger partial charge in [0, 0.05) is 24.9 Å². The van der Waals surface area contributed by atoms with Crippen LogP contribution in [-0.2, 0) is 10.0 Å². The minimum atomic E-state index is -3.37. The summed E-state index contributed by atoms with van der Waals surface area (Å²) in [5, 5.41) is 0. The van der Waals surface area contributed by atoms with Crippen molar-refractivity contribution >= 4 is 49.1 Å². The van der Waals surface area contributed by atoms with E-state index in [-0.39, 0.29) is 6.04 Å². The number of rotatable bonds is 4. The molecule has 2 aliphatic rings. The Bertz CT molecular complexity index is 599. The maximum Gasteiger partial charge on any atom is 0.252 e. The van der Waals surface area contributed by atoms with Gasteiger partial charge in [0.05, 0.1) is 3.79 Å². The SMILES string of the molecule is O=S(=O)(c1ccc(Br)s1)N1CCCSCC1CN1CCCC1. The Morgan fingerprint density at radius 1 is 1.18 bits per heavy atom. The van der Waals surface area contributed by atoms with Crippen LogP contribution >= 0.6 is 39.0 Å². The van der Waals surface area contributed by atoms with Crippen molar-refractivity contribution in [2.24, 2.45) is 0 Å². The molecule has 3 rings (SSSR count). The number of thioether (sulfide) groups is 1. The highest BCUT2D eigenvalue weighted by molar-refractivity contribution is 9.11. The minimum absolute atomic E-state index is 0.0940. The van der Waals surface area contributed by atoms with Crippen molar-refractivity contribution in [3.05, 3.63) is 15.9 Å². The largest absolute Gasteiger partial charge is 0.302 e. The van der Waals surface area contributed by atoms with Crippen molar-refractivity contribution in [2.75, 3.05) is 37.7 Å². The van der Waals surface area contributed by atoms with E-state index in [1.54, 1.807) is 10.4 Å². The first-order valence-electron chi connectivity index (χ1n) is 7.64. The second-order valence-electron chi connectivity index (χ2n) is 5.76. The lowest BCUT2D eigenvalue weighted by molar-refractivity contribution is 0.243. The average molecular weight is 425 g/mol. The summed E-state index contributed by atoms with van der Waals surface area (Å²) in [5.74, 6) is 1.96. The van der Waals surface area contributed by atoms with Crippen molar-refractivity contribution in [1.82, 2.24) is 9.21 Å². The molecule has 0 amide bonds. The molecule has 2 saturated heterocycles. The van der Waals surface area contributed by atoms with E-state index in [1.165, 1.54) is 24.2 Å². The fourth-order valence-electron chi connectivity index (χ4n) is 3.08. The van der Waals surface area contributed by atoms with E-state index in [0.717, 1.165) is 41.3 Å². The number of hydrogen-bond acceptors (Lipinski definition) is 5. The summed E-state index contributed by atoms with van der Waals surface area (Å²) in [6, 6.07) is 3.63. The number of hydrogen-bond donors (Lipinski definition) is 0. The highest BCUT2D eigenvalue weighted by Gasteiger charge is 2.34. The monoisotopic (exact) mass is 424 g/mol. The van der Waals surface area contributed by atoms with Crippen molar-refractivity contribution in [2.45, 2.75) is 29.5 Å². The Morgan fingerprint density at radius 3 is 2.64 bits per heavy atom. The van der Waals surface area contributed by atoms with Crippen LogP contribution in [0, 0.1) is 0 Å². The zero-order valence-electron chi connectivity index (χ0n) is 12.4. The van der Waals surface area contributed by atoms with Crippen LogP contribution in [0.25, 0.3) is 0 Å². The Balaban J connectivity index is 1.82. The number of nitrogens with zero attached hydrogens (tertiary/aromatic N) is 2. The Kier molecular flexibility index (Phi) is 5.89. The third-order valence-corrected chi connectivity index (χ3v) is 9.40. The Morgan fingerprint density at radius 2 is 1.95 bits per heavy atom. The molecule has 0 spiro atoms. The molecule has 0 bridgehead atoms. The van der Waals surface area contributed by atoms with Gasteiger partial charge in [-0.25, -0.2) is 8.42 Å². The van der Waals surface area contributed by atoms with Crippen LogP contribution in [0.5, 0.6) is 0 Å². The maximum atomic E-state index is 13.0. The van der Waals surface area contributed by atoms with Crippen LogP contribution < -0.4 is 0 Å². The van der Waals surface area contributed by atoms with Crippen LogP contribution in [0.4, 0.5) is 0 Å². The first-order valence-corrected chi connectivity index (χ1v) is 11.8. The maximum absolute atomic E-state index is 13.0. The first kappa shape index (κ1) is 17.2. The molecule has 3 heterocycles. The van der Waals surface area contributed by atoms with Crippen LogP contribution in [0.2, 0.25) is 0 Å². The molecule has 1 aromatic rings. The minimum Gasteiger partial charge on any atom is -0.302 e. The molecule has 4 nitrogen and oxygen atoms in total. The van der Waals surface area contributed by atoms with Gasteiger partial charge in [0.1, 0.15) is 4.21 Å². The quantitative estimate of drug-likeness (QED) is 0.744. The lowest BCUT2D eigenvalue weighted by Gasteiger charge is -2.31. The van der Waals surface area contributed by atoms with E-state index in [2.05, 4.69) is 20.8 Å². The fourth-order valence-corrected chi connectivity index (χ4v) is 8.03. The smallest absolute Gasteiger partial charge is 0.252 e.